The number of fused-ring (bicyclic) bond motifs is 7. The van der Waals surface area contributed by atoms with Gasteiger partial charge in [-0.25, -0.2) is 0 Å². The van der Waals surface area contributed by atoms with Crippen LogP contribution in [0, 0.1) is 56.7 Å². The lowest BCUT2D eigenvalue weighted by atomic mass is 9.31. The molecule has 12 atom stereocenters. The molecular formula is C42H72O4. The van der Waals surface area contributed by atoms with E-state index >= 15 is 0 Å². The minimum absolute atomic E-state index is 0.00414. The molecule has 5 aliphatic rings. The first-order valence-electron chi connectivity index (χ1n) is 19.8. The molecule has 264 valence electrons. The van der Waals surface area contributed by atoms with Gasteiger partial charge in [0.05, 0.1) is 12.2 Å². The Hall–Kier alpha value is -0.870. The van der Waals surface area contributed by atoms with Gasteiger partial charge in [0, 0.05) is 17.3 Å². The van der Waals surface area contributed by atoms with E-state index in [-0.39, 0.29) is 33.7 Å². The second kappa shape index (κ2) is 13.4. The van der Waals surface area contributed by atoms with Gasteiger partial charge < -0.3 is 14.9 Å². The van der Waals surface area contributed by atoms with Gasteiger partial charge in [-0.1, -0.05) is 118 Å². The van der Waals surface area contributed by atoms with Gasteiger partial charge in [-0.05, 0) is 104 Å². The van der Waals surface area contributed by atoms with Crippen LogP contribution in [0.2, 0.25) is 0 Å². The normalized spacial score (nSPS) is 46.3. The van der Waals surface area contributed by atoms with Gasteiger partial charge in [-0.2, -0.15) is 0 Å². The van der Waals surface area contributed by atoms with E-state index in [4.69, 9.17) is 4.74 Å². The number of aliphatic hydroxyl groups is 2. The van der Waals surface area contributed by atoms with E-state index in [0.29, 0.717) is 36.0 Å². The van der Waals surface area contributed by atoms with Crippen molar-refractivity contribution in [2.24, 2.45) is 56.7 Å². The lowest BCUT2D eigenvalue weighted by molar-refractivity contribution is -0.276. The monoisotopic (exact) mass is 641 g/mol. The highest BCUT2D eigenvalue weighted by molar-refractivity contribution is 5.69. The SMILES string of the molecule is CCCCCCCCCCCC(=O)O[C@H]1CC[C@]2(C)[C@H]3CC[C@@H]4[C@H]5[C@H](C)C(C)=C[C@H](O)[C@]5(C)[C@@H](O)C[C@@]4(C)[C@]3(C)CC[C@H]2C1(C)C. The minimum Gasteiger partial charge on any atom is -0.462 e. The number of rotatable bonds is 11. The summed E-state index contributed by atoms with van der Waals surface area (Å²) in [6, 6.07) is 0. The molecule has 5 aliphatic carbocycles. The number of carbonyl (C=O) groups is 1. The Morgan fingerprint density at radius 2 is 1.46 bits per heavy atom. The lowest BCUT2D eigenvalue weighted by Crippen LogP contribution is -2.70. The number of unbranched alkanes of at least 4 members (excludes halogenated alkanes) is 8. The summed E-state index contributed by atoms with van der Waals surface area (Å²) in [5.41, 5.74) is 1.13. The molecular weight excluding hydrogens is 568 g/mol. The van der Waals surface area contributed by atoms with E-state index in [2.05, 4.69) is 62.3 Å². The van der Waals surface area contributed by atoms with Crippen LogP contribution in [0.3, 0.4) is 0 Å². The lowest BCUT2D eigenvalue weighted by Gasteiger charge is -2.74. The van der Waals surface area contributed by atoms with Crippen LogP contribution in [0.25, 0.3) is 0 Å². The molecule has 0 aromatic carbocycles. The van der Waals surface area contributed by atoms with Crippen LogP contribution < -0.4 is 0 Å². The van der Waals surface area contributed by atoms with Crippen LogP contribution in [0.15, 0.2) is 11.6 Å². The summed E-state index contributed by atoms with van der Waals surface area (Å²) in [4.78, 5) is 13.1. The molecule has 0 saturated heterocycles. The number of hydrogen-bond donors (Lipinski definition) is 2. The first kappa shape index (κ1) is 36.4. The number of allylic oxidation sites excluding steroid dienone is 1. The van der Waals surface area contributed by atoms with E-state index in [1.807, 2.05) is 6.08 Å². The van der Waals surface area contributed by atoms with Gasteiger partial charge in [0.15, 0.2) is 0 Å². The van der Waals surface area contributed by atoms with E-state index in [1.54, 1.807) is 0 Å². The zero-order chi connectivity index (χ0) is 33.7. The molecule has 0 radical (unpaired) electrons. The van der Waals surface area contributed by atoms with Crippen molar-refractivity contribution >= 4 is 5.97 Å². The van der Waals surface area contributed by atoms with Crippen LogP contribution in [0.5, 0.6) is 0 Å². The Morgan fingerprint density at radius 1 is 0.826 bits per heavy atom. The molecule has 4 saturated carbocycles. The van der Waals surface area contributed by atoms with E-state index < -0.39 is 17.6 Å². The predicted octanol–water partition coefficient (Wildman–Crippen LogP) is 10.4. The summed E-state index contributed by atoms with van der Waals surface area (Å²) >= 11 is 0. The Bertz CT molecular complexity index is 1110. The third-order valence-corrected chi connectivity index (χ3v) is 16.4. The smallest absolute Gasteiger partial charge is 0.306 e. The molecule has 4 nitrogen and oxygen atoms in total. The van der Waals surface area contributed by atoms with Crippen molar-refractivity contribution in [3.05, 3.63) is 11.6 Å². The molecule has 0 aromatic heterocycles. The molecule has 0 unspecified atom stereocenters. The van der Waals surface area contributed by atoms with Crippen molar-refractivity contribution in [1.82, 2.24) is 0 Å². The van der Waals surface area contributed by atoms with E-state index in [9.17, 15) is 15.0 Å². The molecule has 4 heteroatoms. The summed E-state index contributed by atoms with van der Waals surface area (Å²) in [7, 11) is 0. The number of aliphatic hydroxyl groups excluding tert-OH is 2. The predicted molar refractivity (Wildman–Crippen MR) is 189 cm³/mol. The number of ether oxygens (including phenoxy) is 1. The molecule has 0 spiro atoms. The molecule has 0 amide bonds. The van der Waals surface area contributed by atoms with E-state index in [0.717, 1.165) is 32.1 Å². The summed E-state index contributed by atoms with van der Waals surface area (Å²) < 4.78 is 6.35. The van der Waals surface area contributed by atoms with Crippen molar-refractivity contribution in [2.75, 3.05) is 0 Å². The topological polar surface area (TPSA) is 66.8 Å². The molecule has 5 rings (SSSR count). The molecule has 0 aromatic rings. The summed E-state index contributed by atoms with van der Waals surface area (Å²) in [5, 5.41) is 23.3. The molecule has 4 fully saturated rings. The average Bonchev–Trinajstić information content (AvgIpc) is 2.98. The molecule has 0 heterocycles. The summed E-state index contributed by atoms with van der Waals surface area (Å²) in [6.07, 6.45) is 20.5. The largest absolute Gasteiger partial charge is 0.462 e. The highest BCUT2D eigenvalue weighted by Gasteiger charge is 2.72. The van der Waals surface area contributed by atoms with Gasteiger partial charge in [-0.15, -0.1) is 0 Å². The fourth-order valence-corrected chi connectivity index (χ4v) is 13.3. The summed E-state index contributed by atoms with van der Waals surface area (Å²) in [5.74, 6) is 2.31. The maximum Gasteiger partial charge on any atom is 0.306 e. The highest BCUT2D eigenvalue weighted by Crippen LogP contribution is 2.76. The number of esters is 1. The van der Waals surface area contributed by atoms with Gasteiger partial charge in [0.1, 0.15) is 6.10 Å². The van der Waals surface area contributed by atoms with Crippen molar-refractivity contribution in [1.29, 1.82) is 0 Å². The minimum atomic E-state index is -0.578. The third kappa shape index (κ3) is 5.78. The van der Waals surface area contributed by atoms with Gasteiger partial charge in [-0.3, -0.25) is 4.79 Å². The van der Waals surface area contributed by atoms with Crippen molar-refractivity contribution in [2.45, 2.75) is 190 Å². The van der Waals surface area contributed by atoms with Gasteiger partial charge >= 0.3 is 5.97 Å². The molecule has 2 N–H and O–H groups in total. The van der Waals surface area contributed by atoms with Crippen LogP contribution in [-0.2, 0) is 9.53 Å². The van der Waals surface area contributed by atoms with Crippen LogP contribution in [0.1, 0.15) is 171 Å². The molecule has 46 heavy (non-hydrogen) atoms. The Kier molecular flexibility index (Phi) is 10.6. The molecule has 0 bridgehead atoms. The highest BCUT2D eigenvalue weighted by atomic mass is 16.5. The van der Waals surface area contributed by atoms with Crippen molar-refractivity contribution in [3.8, 4) is 0 Å². The number of hydrogen-bond acceptors (Lipinski definition) is 4. The Balaban J connectivity index is 1.25. The van der Waals surface area contributed by atoms with Crippen LogP contribution in [0.4, 0.5) is 0 Å². The Labute approximate surface area is 283 Å². The number of carbonyl (C=O) groups excluding carboxylic acids is 1. The second-order valence-electron chi connectivity index (χ2n) is 18.8. The third-order valence-electron chi connectivity index (χ3n) is 16.4. The van der Waals surface area contributed by atoms with Gasteiger partial charge in [0.2, 0.25) is 0 Å². The van der Waals surface area contributed by atoms with Gasteiger partial charge in [0.25, 0.3) is 0 Å². The zero-order valence-electron chi connectivity index (χ0n) is 31.4. The molecule has 0 aliphatic heterocycles. The van der Waals surface area contributed by atoms with Crippen LogP contribution >= 0.6 is 0 Å². The van der Waals surface area contributed by atoms with Crippen molar-refractivity contribution in [3.63, 3.8) is 0 Å². The fourth-order valence-electron chi connectivity index (χ4n) is 13.3. The maximum atomic E-state index is 13.1. The summed E-state index contributed by atoms with van der Waals surface area (Å²) in [6.45, 7) is 21.5. The van der Waals surface area contributed by atoms with Crippen molar-refractivity contribution < 1.29 is 19.7 Å². The van der Waals surface area contributed by atoms with Crippen LogP contribution in [-0.4, -0.2) is 34.5 Å². The second-order valence-corrected chi connectivity index (χ2v) is 18.8. The fraction of sp³-hybridized carbons (Fsp3) is 0.929. The first-order chi connectivity index (χ1) is 21.6. The maximum absolute atomic E-state index is 13.1. The average molecular weight is 641 g/mol. The quantitative estimate of drug-likeness (QED) is 0.134. The first-order valence-corrected chi connectivity index (χ1v) is 19.8. The zero-order valence-corrected chi connectivity index (χ0v) is 31.4. The Morgan fingerprint density at radius 3 is 2.11 bits per heavy atom. The standard InChI is InChI=1S/C42H72O4/c1-10-11-12-13-14-15-16-17-18-19-36(45)46-35-23-24-39(6)31(38(35,4)5)22-25-40(7)32(39)21-20-30-37-29(3)28(2)26-33(43)42(37,9)34(44)27-41(30,40)8/h26,29-35,37,43-44H,10-25,27H2,1-9H3/t29-,30-,31+,32-,33+,34+,35+,37-,39+,40-,41-,42-/m1/s1. The van der Waals surface area contributed by atoms with E-state index in [1.165, 1.54) is 76.2 Å².